The summed E-state index contributed by atoms with van der Waals surface area (Å²) < 4.78 is 26.7. The minimum atomic E-state index is -0.741. The van der Waals surface area contributed by atoms with Crippen LogP contribution in [0.25, 0.3) is 0 Å². The van der Waals surface area contributed by atoms with E-state index in [2.05, 4.69) is 26.2 Å². The van der Waals surface area contributed by atoms with E-state index < -0.39 is 17.5 Å². The molecule has 0 aliphatic carbocycles. The number of hydrogen-bond donors (Lipinski definition) is 2. The molecule has 2 aromatic rings. The third-order valence-electron chi connectivity index (χ3n) is 2.15. The second-order valence-electron chi connectivity index (χ2n) is 3.43. The van der Waals surface area contributed by atoms with E-state index in [0.29, 0.717) is 5.02 Å². The second kappa shape index (κ2) is 5.07. The number of H-pyrrole nitrogens is 1. The van der Waals surface area contributed by atoms with Crippen LogP contribution in [0.4, 0.5) is 14.5 Å². The summed E-state index contributed by atoms with van der Waals surface area (Å²) in [6.07, 6.45) is 1.41. The number of amides is 1. The lowest BCUT2D eigenvalue weighted by Crippen LogP contribution is -2.13. The Labute approximate surface area is 114 Å². The lowest BCUT2D eigenvalue weighted by Gasteiger charge is -2.06. The van der Waals surface area contributed by atoms with Crippen molar-refractivity contribution < 1.29 is 13.6 Å². The number of hydrogen-bond acceptors (Lipinski definition) is 1. The molecule has 0 saturated carbocycles. The highest BCUT2D eigenvalue weighted by Gasteiger charge is 2.13. The number of nitrogens with one attached hydrogen (secondary N) is 2. The molecule has 0 spiro atoms. The van der Waals surface area contributed by atoms with E-state index in [9.17, 15) is 13.6 Å². The molecule has 94 valence electrons. The quantitative estimate of drug-likeness (QED) is 0.802. The zero-order valence-electron chi connectivity index (χ0n) is 8.73. The Balaban J connectivity index is 2.24. The molecule has 1 aromatic heterocycles. The smallest absolute Gasteiger partial charge is 0.272 e. The van der Waals surface area contributed by atoms with Crippen LogP contribution < -0.4 is 5.32 Å². The summed E-state index contributed by atoms with van der Waals surface area (Å²) in [5.74, 6) is -2.02. The van der Waals surface area contributed by atoms with Crippen LogP contribution in [-0.4, -0.2) is 10.9 Å². The predicted molar refractivity (Wildman–Crippen MR) is 67.8 cm³/mol. The molecule has 0 radical (unpaired) electrons. The number of aromatic nitrogens is 1. The molecule has 1 amide bonds. The average Bonchev–Trinajstić information content (AvgIpc) is 2.73. The second-order valence-corrected chi connectivity index (χ2v) is 4.72. The normalized spacial score (nSPS) is 10.4. The van der Waals surface area contributed by atoms with Crippen molar-refractivity contribution in [1.82, 2.24) is 4.98 Å². The standard InChI is InChI=1S/C11H6BrClF2N2O/c12-6-2-8(15)9(3-7(6)14)17-11(18)10-1-5(13)4-16-10/h1-4,16H,(H,17,18). The fourth-order valence-corrected chi connectivity index (χ4v) is 1.79. The van der Waals surface area contributed by atoms with Crippen molar-refractivity contribution in [1.29, 1.82) is 0 Å². The Morgan fingerprint density at radius 1 is 1.28 bits per heavy atom. The van der Waals surface area contributed by atoms with Crippen LogP contribution in [0.15, 0.2) is 28.9 Å². The van der Waals surface area contributed by atoms with Crippen LogP contribution in [0.1, 0.15) is 10.5 Å². The molecule has 7 heteroatoms. The zero-order chi connectivity index (χ0) is 13.3. The summed E-state index contributed by atoms with van der Waals surface area (Å²) in [6.45, 7) is 0. The fourth-order valence-electron chi connectivity index (χ4n) is 1.31. The Morgan fingerprint density at radius 3 is 2.61 bits per heavy atom. The molecular weight excluding hydrogens is 329 g/mol. The zero-order valence-corrected chi connectivity index (χ0v) is 11.1. The molecule has 0 aliphatic heterocycles. The van der Waals surface area contributed by atoms with E-state index in [0.717, 1.165) is 12.1 Å². The van der Waals surface area contributed by atoms with Crippen LogP contribution in [0.2, 0.25) is 5.02 Å². The van der Waals surface area contributed by atoms with E-state index >= 15 is 0 Å². The molecule has 0 fully saturated rings. The van der Waals surface area contributed by atoms with Crippen molar-refractivity contribution in [3.63, 3.8) is 0 Å². The molecule has 0 bridgehead atoms. The maximum Gasteiger partial charge on any atom is 0.272 e. The topological polar surface area (TPSA) is 44.9 Å². The van der Waals surface area contributed by atoms with E-state index in [1.165, 1.54) is 12.3 Å². The summed E-state index contributed by atoms with van der Waals surface area (Å²) in [7, 11) is 0. The van der Waals surface area contributed by atoms with E-state index in [1.807, 2.05) is 0 Å². The molecule has 0 saturated heterocycles. The van der Waals surface area contributed by atoms with Crippen LogP contribution >= 0.6 is 27.5 Å². The highest BCUT2D eigenvalue weighted by molar-refractivity contribution is 9.10. The summed E-state index contributed by atoms with van der Waals surface area (Å²) in [5.41, 5.74) is -0.0888. The van der Waals surface area contributed by atoms with Gasteiger partial charge < -0.3 is 10.3 Å². The Kier molecular flexibility index (Phi) is 3.68. The number of halogens is 4. The van der Waals surface area contributed by atoms with Gasteiger partial charge in [-0.15, -0.1) is 0 Å². The van der Waals surface area contributed by atoms with Crippen LogP contribution in [0.5, 0.6) is 0 Å². The third-order valence-corrected chi connectivity index (χ3v) is 2.98. The van der Waals surface area contributed by atoms with Crippen molar-refractivity contribution in [2.45, 2.75) is 0 Å². The van der Waals surface area contributed by atoms with Crippen molar-refractivity contribution >= 4 is 39.1 Å². The van der Waals surface area contributed by atoms with Gasteiger partial charge in [0.05, 0.1) is 15.2 Å². The molecule has 1 heterocycles. The Bertz CT molecular complexity index is 615. The van der Waals surface area contributed by atoms with Gasteiger partial charge in [0, 0.05) is 12.3 Å². The first-order valence-electron chi connectivity index (χ1n) is 4.77. The first-order chi connectivity index (χ1) is 8.47. The predicted octanol–water partition coefficient (Wildman–Crippen LogP) is 3.96. The average molecular weight is 336 g/mol. The number of anilines is 1. The number of benzene rings is 1. The van der Waals surface area contributed by atoms with E-state index in [1.54, 1.807) is 0 Å². The molecule has 0 atom stereocenters. The number of aromatic amines is 1. The van der Waals surface area contributed by atoms with E-state index in [-0.39, 0.29) is 15.9 Å². The van der Waals surface area contributed by atoms with Gasteiger partial charge in [-0.05, 0) is 28.1 Å². The molecule has 18 heavy (non-hydrogen) atoms. The van der Waals surface area contributed by atoms with Gasteiger partial charge in [0.2, 0.25) is 0 Å². The highest BCUT2D eigenvalue weighted by atomic mass is 79.9. The SMILES string of the molecule is O=C(Nc1cc(F)c(Br)cc1F)c1cc(Cl)c[nH]1. The Morgan fingerprint density at radius 2 is 2.00 bits per heavy atom. The molecule has 3 nitrogen and oxygen atoms in total. The van der Waals surface area contributed by atoms with E-state index in [4.69, 9.17) is 11.6 Å². The highest BCUT2D eigenvalue weighted by Crippen LogP contribution is 2.23. The monoisotopic (exact) mass is 334 g/mol. The van der Waals surface area contributed by atoms with Gasteiger partial charge in [0.15, 0.2) is 0 Å². The largest absolute Gasteiger partial charge is 0.356 e. The minimum absolute atomic E-state index is 0.0130. The van der Waals surface area contributed by atoms with Gasteiger partial charge >= 0.3 is 0 Å². The fraction of sp³-hybridized carbons (Fsp3) is 0. The van der Waals surface area contributed by atoms with Crippen molar-refractivity contribution in [3.05, 3.63) is 51.2 Å². The van der Waals surface area contributed by atoms with Crippen molar-refractivity contribution in [2.24, 2.45) is 0 Å². The lowest BCUT2D eigenvalue weighted by molar-refractivity contribution is 0.102. The summed E-state index contributed by atoms with van der Waals surface area (Å²) in [4.78, 5) is 14.3. The maximum atomic E-state index is 13.5. The molecule has 1 aromatic carbocycles. The van der Waals surface area contributed by atoms with Gasteiger partial charge in [0.1, 0.15) is 17.3 Å². The molecule has 2 rings (SSSR count). The Hall–Kier alpha value is -1.40. The first-order valence-corrected chi connectivity index (χ1v) is 5.94. The van der Waals surface area contributed by atoms with Crippen LogP contribution in [0, 0.1) is 11.6 Å². The summed E-state index contributed by atoms with van der Waals surface area (Å²) >= 11 is 8.48. The van der Waals surface area contributed by atoms with Crippen molar-refractivity contribution in [2.75, 3.05) is 5.32 Å². The van der Waals surface area contributed by atoms with Crippen LogP contribution in [-0.2, 0) is 0 Å². The summed E-state index contributed by atoms with van der Waals surface area (Å²) in [5, 5.41) is 2.59. The van der Waals surface area contributed by atoms with Gasteiger partial charge in [0.25, 0.3) is 5.91 Å². The first kappa shape index (κ1) is 13.0. The summed E-state index contributed by atoms with van der Waals surface area (Å²) in [6, 6.07) is 3.21. The lowest BCUT2D eigenvalue weighted by atomic mass is 10.3. The number of carbonyl (C=O) groups is 1. The number of rotatable bonds is 2. The molecule has 2 N–H and O–H groups in total. The van der Waals surface area contributed by atoms with Crippen LogP contribution in [0.3, 0.4) is 0 Å². The maximum absolute atomic E-state index is 13.5. The third kappa shape index (κ3) is 2.70. The van der Waals surface area contributed by atoms with Crippen molar-refractivity contribution in [3.8, 4) is 0 Å². The van der Waals surface area contributed by atoms with Gasteiger partial charge in [-0.2, -0.15) is 0 Å². The van der Waals surface area contributed by atoms with Gasteiger partial charge in [-0.1, -0.05) is 11.6 Å². The van der Waals surface area contributed by atoms with Gasteiger partial charge in [-0.25, -0.2) is 8.78 Å². The molecular formula is C11H6BrClF2N2O. The van der Waals surface area contributed by atoms with Gasteiger partial charge in [-0.3, -0.25) is 4.79 Å². The molecule has 0 aliphatic rings. The minimum Gasteiger partial charge on any atom is -0.356 e. The molecule has 0 unspecified atom stereocenters. The number of carbonyl (C=O) groups excluding carboxylic acids is 1.